The SMILES string of the molecule is COc1ccc(CNC(=O)Nc2ccc(OC(C)C)cc2F)cc1OC. The van der Waals surface area contributed by atoms with Gasteiger partial charge in [0.25, 0.3) is 0 Å². The number of methoxy groups -OCH3 is 2. The summed E-state index contributed by atoms with van der Waals surface area (Å²) >= 11 is 0. The highest BCUT2D eigenvalue weighted by molar-refractivity contribution is 5.89. The molecule has 2 aromatic rings. The molecule has 0 fully saturated rings. The number of hydrogen-bond donors (Lipinski definition) is 2. The van der Waals surface area contributed by atoms with E-state index >= 15 is 0 Å². The number of benzene rings is 2. The molecular weight excluding hydrogens is 339 g/mol. The summed E-state index contributed by atoms with van der Waals surface area (Å²) in [7, 11) is 3.09. The molecule has 0 unspecified atom stereocenters. The van der Waals surface area contributed by atoms with E-state index < -0.39 is 11.8 Å². The lowest BCUT2D eigenvalue weighted by molar-refractivity contribution is 0.241. The maximum atomic E-state index is 14.1. The second-order valence-corrected chi connectivity index (χ2v) is 5.81. The molecule has 0 aliphatic carbocycles. The summed E-state index contributed by atoms with van der Waals surface area (Å²) in [6.45, 7) is 3.96. The molecular formula is C19H23FN2O4. The fourth-order valence-electron chi connectivity index (χ4n) is 2.28. The van der Waals surface area contributed by atoms with Gasteiger partial charge in [0.2, 0.25) is 0 Å². The van der Waals surface area contributed by atoms with Gasteiger partial charge in [-0.3, -0.25) is 0 Å². The molecule has 0 bridgehead atoms. The van der Waals surface area contributed by atoms with Gasteiger partial charge in [0.05, 0.1) is 26.0 Å². The predicted molar refractivity (Wildman–Crippen MR) is 97.6 cm³/mol. The summed E-state index contributed by atoms with van der Waals surface area (Å²) in [6, 6.07) is 9.11. The average Bonchev–Trinajstić information content (AvgIpc) is 2.61. The second-order valence-electron chi connectivity index (χ2n) is 5.81. The topological polar surface area (TPSA) is 68.8 Å². The third-order valence-corrected chi connectivity index (χ3v) is 3.46. The Morgan fingerprint density at radius 2 is 1.81 bits per heavy atom. The first-order valence-corrected chi connectivity index (χ1v) is 8.15. The van der Waals surface area contributed by atoms with Crippen LogP contribution in [0.3, 0.4) is 0 Å². The largest absolute Gasteiger partial charge is 0.493 e. The summed E-state index contributed by atoms with van der Waals surface area (Å²) in [5.74, 6) is 1.02. The van der Waals surface area contributed by atoms with Crippen molar-refractivity contribution in [3.63, 3.8) is 0 Å². The number of rotatable bonds is 7. The molecule has 2 N–H and O–H groups in total. The first-order chi connectivity index (χ1) is 12.4. The molecule has 7 heteroatoms. The fraction of sp³-hybridized carbons (Fsp3) is 0.316. The van der Waals surface area contributed by atoms with Crippen LogP contribution in [0.25, 0.3) is 0 Å². The van der Waals surface area contributed by atoms with Gasteiger partial charge in [0, 0.05) is 12.6 Å². The zero-order valence-corrected chi connectivity index (χ0v) is 15.3. The molecule has 0 radical (unpaired) electrons. The van der Waals surface area contributed by atoms with Gasteiger partial charge in [0.1, 0.15) is 11.6 Å². The molecule has 0 aliphatic heterocycles. The predicted octanol–water partition coefficient (Wildman–Crippen LogP) is 3.95. The summed E-state index contributed by atoms with van der Waals surface area (Å²) in [5, 5.41) is 5.14. The van der Waals surface area contributed by atoms with E-state index in [1.54, 1.807) is 31.4 Å². The van der Waals surface area contributed by atoms with Crippen LogP contribution < -0.4 is 24.8 Å². The number of carbonyl (C=O) groups excluding carboxylic acids is 1. The minimum atomic E-state index is -0.565. The van der Waals surface area contributed by atoms with Crippen molar-refractivity contribution in [2.75, 3.05) is 19.5 Å². The quantitative estimate of drug-likeness (QED) is 0.782. The summed E-state index contributed by atoms with van der Waals surface area (Å²) in [6.07, 6.45) is -0.0574. The molecule has 0 aliphatic rings. The lowest BCUT2D eigenvalue weighted by atomic mass is 10.2. The molecule has 6 nitrogen and oxygen atoms in total. The fourth-order valence-corrected chi connectivity index (χ4v) is 2.28. The van der Waals surface area contributed by atoms with Crippen molar-refractivity contribution in [3.8, 4) is 17.2 Å². The maximum Gasteiger partial charge on any atom is 0.319 e. The van der Waals surface area contributed by atoms with E-state index in [0.29, 0.717) is 17.2 Å². The minimum Gasteiger partial charge on any atom is -0.493 e. The van der Waals surface area contributed by atoms with Crippen LogP contribution in [0.1, 0.15) is 19.4 Å². The molecule has 0 heterocycles. The Morgan fingerprint density at radius 3 is 2.42 bits per heavy atom. The van der Waals surface area contributed by atoms with E-state index in [1.165, 1.54) is 19.2 Å². The van der Waals surface area contributed by atoms with E-state index in [1.807, 2.05) is 13.8 Å². The number of urea groups is 1. The van der Waals surface area contributed by atoms with Crippen LogP contribution in [0.2, 0.25) is 0 Å². The standard InChI is InChI=1S/C19H23FN2O4/c1-12(2)26-14-6-7-16(15(20)10-14)22-19(23)21-11-13-5-8-17(24-3)18(9-13)25-4/h5-10,12H,11H2,1-4H3,(H2,21,22,23). The Hall–Kier alpha value is -2.96. The molecule has 0 saturated heterocycles. The number of ether oxygens (including phenoxy) is 3. The van der Waals surface area contributed by atoms with Gasteiger partial charge in [-0.05, 0) is 43.7 Å². The van der Waals surface area contributed by atoms with Gasteiger partial charge < -0.3 is 24.8 Å². The number of hydrogen-bond acceptors (Lipinski definition) is 4. The number of anilines is 1. The van der Waals surface area contributed by atoms with Crippen LogP contribution in [0.5, 0.6) is 17.2 Å². The lowest BCUT2D eigenvalue weighted by Gasteiger charge is -2.13. The van der Waals surface area contributed by atoms with Crippen molar-refractivity contribution in [3.05, 3.63) is 47.8 Å². The van der Waals surface area contributed by atoms with Crippen molar-refractivity contribution in [1.29, 1.82) is 0 Å². The molecule has 2 rings (SSSR count). The Labute approximate surface area is 152 Å². The molecule has 26 heavy (non-hydrogen) atoms. The van der Waals surface area contributed by atoms with Crippen molar-refractivity contribution in [2.45, 2.75) is 26.5 Å². The Morgan fingerprint density at radius 1 is 1.08 bits per heavy atom. The van der Waals surface area contributed by atoms with E-state index in [9.17, 15) is 9.18 Å². The van der Waals surface area contributed by atoms with Crippen LogP contribution in [-0.4, -0.2) is 26.4 Å². The highest BCUT2D eigenvalue weighted by atomic mass is 19.1. The van der Waals surface area contributed by atoms with Gasteiger partial charge >= 0.3 is 6.03 Å². The first kappa shape index (κ1) is 19.4. The summed E-state index contributed by atoms with van der Waals surface area (Å²) in [5.41, 5.74) is 0.893. The second kappa shape index (κ2) is 8.94. The summed E-state index contributed by atoms with van der Waals surface area (Å²) in [4.78, 5) is 12.0. The number of amides is 2. The van der Waals surface area contributed by atoms with Crippen LogP contribution in [0.15, 0.2) is 36.4 Å². The molecule has 0 atom stereocenters. The number of halogens is 1. The van der Waals surface area contributed by atoms with E-state index in [0.717, 1.165) is 5.56 Å². The monoisotopic (exact) mass is 362 g/mol. The van der Waals surface area contributed by atoms with Gasteiger partial charge in [-0.25, -0.2) is 9.18 Å². The maximum absolute atomic E-state index is 14.1. The first-order valence-electron chi connectivity index (χ1n) is 8.15. The van der Waals surface area contributed by atoms with Crippen LogP contribution in [0.4, 0.5) is 14.9 Å². The minimum absolute atomic E-state index is 0.0574. The smallest absolute Gasteiger partial charge is 0.319 e. The Kier molecular flexibility index (Phi) is 6.66. The molecule has 140 valence electrons. The van der Waals surface area contributed by atoms with Crippen molar-refractivity contribution in [1.82, 2.24) is 5.32 Å². The lowest BCUT2D eigenvalue weighted by Crippen LogP contribution is -2.28. The zero-order chi connectivity index (χ0) is 19.1. The van der Waals surface area contributed by atoms with Crippen LogP contribution in [-0.2, 0) is 6.54 Å². The van der Waals surface area contributed by atoms with E-state index in [2.05, 4.69) is 10.6 Å². The van der Waals surface area contributed by atoms with Crippen molar-refractivity contribution in [2.24, 2.45) is 0 Å². The Balaban J connectivity index is 1.95. The van der Waals surface area contributed by atoms with Gasteiger partial charge in [-0.2, -0.15) is 0 Å². The molecule has 0 saturated carbocycles. The average molecular weight is 362 g/mol. The number of nitrogens with one attached hydrogen (secondary N) is 2. The summed E-state index contributed by atoms with van der Waals surface area (Å²) < 4.78 is 29.8. The molecule has 2 aromatic carbocycles. The normalized spacial score (nSPS) is 10.4. The van der Waals surface area contributed by atoms with Gasteiger partial charge in [-0.15, -0.1) is 0 Å². The molecule has 0 aromatic heterocycles. The van der Waals surface area contributed by atoms with Gasteiger partial charge in [-0.1, -0.05) is 6.07 Å². The third kappa shape index (κ3) is 5.27. The van der Waals surface area contributed by atoms with Crippen molar-refractivity contribution >= 4 is 11.7 Å². The third-order valence-electron chi connectivity index (χ3n) is 3.46. The van der Waals surface area contributed by atoms with E-state index in [4.69, 9.17) is 14.2 Å². The highest BCUT2D eigenvalue weighted by Gasteiger charge is 2.10. The Bertz CT molecular complexity index is 765. The van der Waals surface area contributed by atoms with Gasteiger partial charge in [0.15, 0.2) is 11.5 Å². The number of carbonyl (C=O) groups is 1. The molecule has 2 amide bonds. The van der Waals surface area contributed by atoms with Crippen LogP contribution in [0, 0.1) is 5.82 Å². The highest BCUT2D eigenvalue weighted by Crippen LogP contribution is 2.27. The zero-order valence-electron chi connectivity index (χ0n) is 15.3. The van der Waals surface area contributed by atoms with E-state index in [-0.39, 0.29) is 18.3 Å². The molecule has 0 spiro atoms. The van der Waals surface area contributed by atoms with Crippen molar-refractivity contribution < 1.29 is 23.4 Å². The van der Waals surface area contributed by atoms with Crippen LogP contribution >= 0.6 is 0 Å².